The van der Waals surface area contributed by atoms with E-state index in [1.165, 1.54) is 0 Å². The number of aryl methyl sites for hydroxylation is 1. The second-order valence-electron chi connectivity index (χ2n) is 8.63. The second kappa shape index (κ2) is 10.4. The number of ether oxygens (including phenoxy) is 3. The first-order valence-electron chi connectivity index (χ1n) is 11.4. The Kier molecular flexibility index (Phi) is 7.32. The van der Waals surface area contributed by atoms with Crippen molar-refractivity contribution in [2.45, 2.75) is 25.8 Å². The number of carbonyl (C=O) groups excluding carboxylic acids is 1. The van der Waals surface area contributed by atoms with E-state index in [9.17, 15) is 4.79 Å². The molecule has 4 rings (SSSR count). The minimum absolute atomic E-state index is 0.0807. The van der Waals surface area contributed by atoms with Crippen LogP contribution in [0.5, 0.6) is 11.5 Å². The summed E-state index contributed by atoms with van der Waals surface area (Å²) >= 11 is 0. The summed E-state index contributed by atoms with van der Waals surface area (Å²) in [4.78, 5) is 17.4. The number of nitrogens with zero attached hydrogens (tertiary/aromatic N) is 4. The Morgan fingerprint density at radius 3 is 2.38 bits per heavy atom. The molecule has 0 radical (unpaired) electrons. The summed E-state index contributed by atoms with van der Waals surface area (Å²) in [7, 11) is 5.29. The Bertz CT molecular complexity index is 892. The van der Waals surface area contributed by atoms with Gasteiger partial charge in [-0.25, -0.2) is 0 Å². The van der Waals surface area contributed by atoms with E-state index in [1.807, 2.05) is 36.3 Å². The summed E-state index contributed by atoms with van der Waals surface area (Å²) in [5.41, 5.74) is 2.77. The highest BCUT2D eigenvalue weighted by molar-refractivity contribution is 5.95. The minimum Gasteiger partial charge on any atom is -0.496 e. The third-order valence-corrected chi connectivity index (χ3v) is 6.53. The molecular weight excluding hydrogens is 408 g/mol. The van der Waals surface area contributed by atoms with E-state index < -0.39 is 0 Å². The molecule has 0 spiro atoms. The van der Waals surface area contributed by atoms with Crippen LogP contribution in [0.4, 0.5) is 0 Å². The topological polar surface area (TPSA) is 69.1 Å². The molecule has 32 heavy (non-hydrogen) atoms. The maximum atomic E-state index is 13.0. The Morgan fingerprint density at radius 1 is 1.09 bits per heavy atom. The first-order chi connectivity index (χ1) is 15.6. The van der Waals surface area contributed by atoms with E-state index in [2.05, 4.69) is 10.00 Å². The van der Waals surface area contributed by atoms with E-state index in [-0.39, 0.29) is 5.91 Å². The van der Waals surface area contributed by atoms with E-state index >= 15 is 0 Å². The number of hydrogen-bond donors (Lipinski definition) is 0. The molecule has 1 aromatic carbocycles. The molecule has 0 N–H and O–H groups in total. The zero-order valence-electron chi connectivity index (χ0n) is 19.4. The first kappa shape index (κ1) is 22.6. The normalized spacial score (nSPS) is 18.0. The smallest absolute Gasteiger partial charge is 0.257 e. The Morgan fingerprint density at radius 2 is 1.75 bits per heavy atom. The van der Waals surface area contributed by atoms with Crippen LogP contribution in [-0.4, -0.2) is 79.1 Å². The number of rotatable bonds is 7. The number of likely N-dealkylation sites (tertiary alicyclic amines) is 1. The lowest BCUT2D eigenvalue weighted by Crippen LogP contribution is -2.41. The van der Waals surface area contributed by atoms with E-state index in [0.29, 0.717) is 32.2 Å². The third-order valence-electron chi connectivity index (χ3n) is 6.53. The third kappa shape index (κ3) is 5.07. The fraction of sp³-hybridized carbons (Fsp3) is 0.583. The standard InChI is InChI=1S/C24H34N4O4/c1-26-16-19(24(29)28-11-13-32-14-12-28)21(25-26)15-18-7-9-27(10-8-18)17-20-22(30-2)5-4-6-23(20)31-3/h4-6,16,18H,7-15,17H2,1-3H3. The van der Waals surface area contributed by atoms with Gasteiger partial charge in [-0.05, 0) is 50.4 Å². The largest absolute Gasteiger partial charge is 0.496 e. The van der Waals surface area contributed by atoms with E-state index in [1.54, 1.807) is 18.9 Å². The summed E-state index contributed by atoms with van der Waals surface area (Å²) in [6.45, 7) is 5.34. The summed E-state index contributed by atoms with van der Waals surface area (Å²) in [5, 5.41) is 4.64. The lowest BCUT2D eigenvalue weighted by Gasteiger charge is -2.32. The maximum absolute atomic E-state index is 13.0. The van der Waals surface area contributed by atoms with Crippen molar-refractivity contribution in [1.29, 1.82) is 0 Å². The number of hydrogen-bond acceptors (Lipinski definition) is 6. The summed E-state index contributed by atoms with van der Waals surface area (Å²) in [6.07, 6.45) is 4.88. The van der Waals surface area contributed by atoms with Gasteiger partial charge in [-0.15, -0.1) is 0 Å². The van der Waals surface area contributed by atoms with Crippen molar-refractivity contribution < 1.29 is 19.0 Å². The highest BCUT2D eigenvalue weighted by Crippen LogP contribution is 2.31. The molecule has 2 saturated heterocycles. The Balaban J connectivity index is 1.37. The molecule has 0 saturated carbocycles. The zero-order chi connectivity index (χ0) is 22.5. The van der Waals surface area contributed by atoms with Gasteiger partial charge in [0.05, 0.1) is 44.3 Å². The van der Waals surface area contributed by atoms with Gasteiger partial charge in [0.25, 0.3) is 5.91 Å². The van der Waals surface area contributed by atoms with Crippen molar-refractivity contribution >= 4 is 5.91 Å². The minimum atomic E-state index is 0.0807. The Hall–Kier alpha value is -2.58. The molecular formula is C24H34N4O4. The highest BCUT2D eigenvalue weighted by atomic mass is 16.5. The molecule has 174 valence electrons. The van der Waals surface area contributed by atoms with Gasteiger partial charge in [-0.1, -0.05) is 6.07 Å². The van der Waals surface area contributed by atoms with Crippen LogP contribution in [0.1, 0.15) is 34.5 Å². The average Bonchev–Trinajstić information content (AvgIpc) is 3.20. The molecule has 0 aliphatic carbocycles. The number of piperidine rings is 1. The summed E-state index contributed by atoms with van der Waals surface area (Å²) in [5.74, 6) is 2.34. The summed E-state index contributed by atoms with van der Waals surface area (Å²) < 4.78 is 18.3. The number of aromatic nitrogens is 2. The van der Waals surface area contributed by atoms with Crippen LogP contribution < -0.4 is 9.47 Å². The quantitative estimate of drug-likeness (QED) is 0.656. The number of amides is 1. The molecule has 8 nitrogen and oxygen atoms in total. The molecule has 2 aliphatic heterocycles. The highest BCUT2D eigenvalue weighted by Gasteiger charge is 2.27. The van der Waals surface area contributed by atoms with Gasteiger partial charge in [-0.2, -0.15) is 5.10 Å². The van der Waals surface area contributed by atoms with Crippen molar-refractivity contribution in [3.63, 3.8) is 0 Å². The molecule has 0 atom stereocenters. The van der Waals surface area contributed by atoms with Crippen molar-refractivity contribution in [2.75, 3.05) is 53.6 Å². The van der Waals surface area contributed by atoms with Gasteiger partial charge < -0.3 is 19.1 Å². The van der Waals surface area contributed by atoms with Crippen molar-refractivity contribution in [1.82, 2.24) is 19.6 Å². The van der Waals surface area contributed by atoms with Gasteiger partial charge in [0, 0.05) is 32.9 Å². The molecule has 3 heterocycles. The molecule has 8 heteroatoms. The molecule has 2 aromatic rings. The van der Waals surface area contributed by atoms with Crippen molar-refractivity contribution in [3.8, 4) is 11.5 Å². The number of morpholine rings is 1. The maximum Gasteiger partial charge on any atom is 0.257 e. The molecule has 0 bridgehead atoms. The lowest BCUT2D eigenvalue weighted by atomic mass is 9.90. The summed E-state index contributed by atoms with van der Waals surface area (Å²) in [6, 6.07) is 5.92. The number of benzene rings is 1. The van der Waals surface area contributed by atoms with Crippen LogP contribution in [0, 0.1) is 5.92 Å². The first-order valence-corrected chi connectivity index (χ1v) is 11.4. The molecule has 2 aliphatic rings. The van der Waals surface area contributed by atoms with Gasteiger partial charge in [0.2, 0.25) is 0 Å². The fourth-order valence-corrected chi connectivity index (χ4v) is 4.73. The van der Waals surface area contributed by atoms with Crippen LogP contribution in [0.2, 0.25) is 0 Å². The SMILES string of the molecule is COc1cccc(OC)c1CN1CCC(Cc2nn(C)cc2C(=O)N2CCOCC2)CC1. The Labute approximate surface area is 190 Å². The van der Waals surface area contributed by atoms with Crippen LogP contribution in [-0.2, 0) is 24.8 Å². The van der Waals surface area contributed by atoms with Crippen LogP contribution in [0.3, 0.4) is 0 Å². The van der Waals surface area contributed by atoms with Gasteiger partial charge in [0.1, 0.15) is 11.5 Å². The van der Waals surface area contributed by atoms with Gasteiger partial charge in [-0.3, -0.25) is 14.4 Å². The van der Waals surface area contributed by atoms with Gasteiger partial charge >= 0.3 is 0 Å². The molecule has 1 amide bonds. The number of carbonyl (C=O) groups is 1. The van der Waals surface area contributed by atoms with Crippen LogP contribution >= 0.6 is 0 Å². The second-order valence-corrected chi connectivity index (χ2v) is 8.63. The van der Waals surface area contributed by atoms with Gasteiger partial charge in [0.15, 0.2) is 0 Å². The van der Waals surface area contributed by atoms with Crippen molar-refractivity contribution in [3.05, 3.63) is 41.2 Å². The lowest BCUT2D eigenvalue weighted by molar-refractivity contribution is 0.0302. The molecule has 1 aromatic heterocycles. The fourth-order valence-electron chi connectivity index (χ4n) is 4.73. The monoisotopic (exact) mass is 442 g/mol. The van der Waals surface area contributed by atoms with E-state index in [4.69, 9.17) is 14.2 Å². The zero-order valence-corrected chi connectivity index (χ0v) is 19.4. The van der Waals surface area contributed by atoms with E-state index in [0.717, 1.165) is 67.2 Å². The average molecular weight is 443 g/mol. The van der Waals surface area contributed by atoms with Crippen LogP contribution in [0.15, 0.2) is 24.4 Å². The van der Waals surface area contributed by atoms with Crippen LogP contribution in [0.25, 0.3) is 0 Å². The predicted octanol–water partition coefficient (Wildman–Crippen LogP) is 2.36. The number of methoxy groups -OCH3 is 2. The molecule has 2 fully saturated rings. The van der Waals surface area contributed by atoms with Crippen molar-refractivity contribution in [2.24, 2.45) is 13.0 Å². The molecule has 0 unspecified atom stereocenters. The predicted molar refractivity (Wildman–Crippen MR) is 121 cm³/mol.